The Hall–Kier alpha value is -1.35. The van der Waals surface area contributed by atoms with Crippen LogP contribution in [-0.2, 0) is 11.2 Å². The van der Waals surface area contributed by atoms with Crippen molar-refractivity contribution in [3.63, 3.8) is 0 Å². The lowest BCUT2D eigenvalue weighted by atomic mass is 9.85. The van der Waals surface area contributed by atoms with Gasteiger partial charge in [0, 0.05) is 12.5 Å². The van der Waals surface area contributed by atoms with Crippen LogP contribution in [-0.4, -0.2) is 12.5 Å². The number of hydrogen-bond acceptors (Lipinski definition) is 2. The summed E-state index contributed by atoms with van der Waals surface area (Å²) in [6, 6.07) is 9.10. The molecule has 0 spiro atoms. The van der Waals surface area contributed by atoms with Crippen LogP contribution < -0.4 is 11.1 Å². The molecule has 1 unspecified atom stereocenters. The fourth-order valence-electron chi connectivity index (χ4n) is 3.05. The van der Waals surface area contributed by atoms with Gasteiger partial charge in [-0.3, -0.25) is 4.79 Å². The Morgan fingerprint density at radius 1 is 1.37 bits per heavy atom. The highest BCUT2D eigenvalue weighted by molar-refractivity contribution is 5.73. The molecular weight excluding hydrogens is 236 g/mol. The van der Waals surface area contributed by atoms with Crippen LogP contribution in [0.5, 0.6) is 0 Å². The average Bonchev–Trinajstić information content (AvgIpc) is 2.59. The Morgan fingerprint density at radius 2 is 2.11 bits per heavy atom. The molecule has 0 heterocycles. The number of hydrogen-bond donors (Lipinski definition) is 2. The smallest absolute Gasteiger partial charge is 0.217 e. The summed E-state index contributed by atoms with van der Waals surface area (Å²) in [6.07, 6.45) is 3.49. The summed E-state index contributed by atoms with van der Waals surface area (Å²) in [5.41, 5.74) is 8.29. The van der Waals surface area contributed by atoms with Gasteiger partial charge in [0.15, 0.2) is 0 Å². The first-order valence-corrected chi connectivity index (χ1v) is 7.10. The maximum absolute atomic E-state index is 10.7. The monoisotopic (exact) mass is 260 g/mol. The summed E-state index contributed by atoms with van der Waals surface area (Å²) in [6.45, 7) is 5.57. The van der Waals surface area contributed by atoms with Crippen molar-refractivity contribution in [3.05, 3.63) is 35.4 Å². The predicted molar refractivity (Wildman–Crippen MR) is 77.7 cm³/mol. The molecule has 3 nitrogen and oxygen atoms in total. The van der Waals surface area contributed by atoms with Crippen LogP contribution in [0.4, 0.5) is 0 Å². The second-order valence-electron chi connectivity index (χ2n) is 6.17. The maximum atomic E-state index is 10.7. The molecule has 1 aromatic carbocycles. The molecule has 1 aromatic rings. The lowest BCUT2D eigenvalue weighted by Crippen LogP contribution is -2.31. The number of amides is 1. The third-order valence-electron chi connectivity index (χ3n) is 3.99. The second kappa shape index (κ2) is 5.74. The number of unbranched alkanes of at least 4 members (excludes halogenated alkanes) is 1. The molecule has 1 atom stereocenters. The molecule has 2 rings (SSSR count). The summed E-state index contributed by atoms with van der Waals surface area (Å²) < 4.78 is 0. The van der Waals surface area contributed by atoms with Crippen molar-refractivity contribution in [1.29, 1.82) is 0 Å². The van der Waals surface area contributed by atoms with Gasteiger partial charge in [0.05, 0.1) is 0 Å². The van der Waals surface area contributed by atoms with E-state index in [-0.39, 0.29) is 11.3 Å². The molecule has 0 aromatic heterocycles. The minimum absolute atomic E-state index is 0.202. The first-order valence-electron chi connectivity index (χ1n) is 7.10. The molecular formula is C16H24N2O. The van der Waals surface area contributed by atoms with E-state index in [9.17, 15) is 4.79 Å². The first kappa shape index (κ1) is 14.1. The fraction of sp³-hybridized carbons (Fsp3) is 0.562. The third kappa shape index (κ3) is 3.35. The van der Waals surface area contributed by atoms with E-state index < -0.39 is 0 Å². The molecule has 0 aliphatic heterocycles. The Bertz CT molecular complexity index is 454. The van der Waals surface area contributed by atoms with Gasteiger partial charge in [-0.05, 0) is 42.3 Å². The Labute approximate surface area is 115 Å². The highest BCUT2D eigenvalue weighted by atomic mass is 16.1. The molecule has 0 bridgehead atoms. The van der Waals surface area contributed by atoms with E-state index in [1.807, 2.05) is 0 Å². The number of carbonyl (C=O) groups is 1. The minimum atomic E-state index is -0.202. The molecule has 0 fully saturated rings. The van der Waals surface area contributed by atoms with Crippen LogP contribution in [0, 0.1) is 5.41 Å². The Morgan fingerprint density at radius 3 is 2.84 bits per heavy atom. The number of benzene rings is 1. The Kier molecular flexibility index (Phi) is 4.25. The van der Waals surface area contributed by atoms with Crippen LogP contribution in [0.25, 0.3) is 0 Å². The van der Waals surface area contributed by atoms with Gasteiger partial charge in [-0.1, -0.05) is 38.1 Å². The molecule has 3 N–H and O–H groups in total. The Balaban J connectivity index is 1.90. The lowest BCUT2D eigenvalue weighted by Gasteiger charge is -2.28. The van der Waals surface area contributed by atoms with Gasteiger partial charge >= 0.3 is 0 Å². The van der Waals surface area contributed by atoms with E-state index in [1.54, 1.807) is 0 Å². The van der Waals surface area contributed by atoms with Crippen LogP contribution in [0.3, 0.4) is 0 Å². The van der Waals surface area contributed by atoms with Gasteiger partial charge in [-0.25, -0.2) is 0 Å². The fourth-order valence-corrected chi connectivity index (χ4v) is 3.05. The van der Waals surface area contributed by atoms with E-state index in [0.717, 1.165) is 25.8 Å². The van der Waals surface area contributed by atoms with E-state index in [0.29, 0.717) is 12.5 Å². The largest absolute Gasteiger partial charge is 0.370 e. The molecule has 1 aliphatic rings. The van der Waals surface area contributed by atoms with Crippen molar-refractivity contribution in [1.82, 2.24) is 5.32 Å². The quantitative estimate of drug-likeness (QED) is 0.772. The summed E-state index contributed by atoms with van der Waals surface area (Å²) in [4.78, 5) is 10.7. The summed E-state index contributed by atoms with van der Waals surface area (Å²) in [7, 11) is 0. The van der Waals surface area contributed by atoms with E-state index in [2.05, 4.69) is 43.4 Å². The van der Waals surface area contributed by atoms with Crippen LogP contribution >= 0.6 is 0 Å². The van der Waals surface area contributed by atoms with Crippen molar-refractivity contribution < 1.29 is 4.79 Å². The van der Waals surface area contributed by atoms with Gasteiger partial charge in [0.25, 0.3) is 0 Å². The predicted octanol–water partition coefficient (Wildman–Crippen LogP) is 2.56. The standard InChI is InChI=1S/C16H24N2O/c1-16(2)11-12-7-3-4-8-13(12)15(16)18-10-6-5-9-14(17)19/h3-4,7-8,15,18H,5-6,9-11H2,1-2H3,(H2,17,19). The maximum Gasteiger partial charge on any atom is 0.217 e. The van der Waals surface area contributed by atoms with Gasteiger partial charge < -0.3 is 11.1 Å². The van der Waals surface area contributed by atoms with Crippen LogP contribution in [0.15, 0.2) is 24.3 Å². The topological polar surface area (TPSA) is 55.1 Å². The summed E-state index contributed by atoms with van der Waals surface area (Å²) >= 11 is 0. The highest BCUT2D eigenvalue weighted by Gasteiger charge is 2.37. The van der Waals surface area contributed by atoms with Crippen LogP contribution in [0.1, 0.15) is 50.3 Å². The zero-order valence-corrected chi connectivity index (χ0v) is 11.9. The lowest BCUT2D eigenvalue weighted by molar-refractivity contribution is -0.118. The molecule has 3 heteroatoms. The van der Waals surface area contributed by atoms with Gasteiger partial charge in [0.2, 0.25) is 5.91 Å². The van der Waals surface area contributed by atoms with E-state index >= 15 is 0 Å². The molecule has 0 radical (unpaired) electrons. The molecule has 104 valence electrons. The number of nitrogens with two attached hydrogens (primary N) is 1. The van der Waals surface area contributed by atoms with Crippen molar-refractivity contribution in [2.24, 2.45) is 11.1 Å². The number of nitrogens with one attached hydrogen (secondary N) is 1. The molecule has 19 heavy (non-hydrogen) atoms. The van der Waals surface area contributed by atoms with Crippen molar-refractivity contribution in [3.8, 4) is 0 Å². The van der Waals surface area contributed by atoms with Crippen molar-refractivity contribution in [2.75, 3.05) is 6.54 Å². The van der Waals surface area contributed by atoms with Crippen molar-refractivity contribution >= 4 is 5.91 Å². The van der Waals surface area contributed by atoms with Gasteiger partial charge in [-0.2, -0.15) is 0 Å². The zero-order chi connectivity index (χ0) is 13.9. The number of fused-ring (bicyclic) bond motifs is 1. The normalized spacial score (nSPS) is 20.2. The van der Waals surface area contributed by atoms with Gasteiger partial charge in [-0.15, -0.1) is 0 Å². The summed E-state index contributed by atoms with van der Waals surface area (Å²) in [5.74, 6) is -0.202. The number of carbonyl (C=O) groups excluding carboxylic acids is 1. The number of rotatable bonds is 6. The first-order chi connectivity index (χ1) is 9.00. The minimum Gasteiger partial charge on any atom is -0.370 e. The second-order valence-corrected chi connectivity index (χ2v) is 6.17. The molecule has 1 amide bonds. The number of primary amides is 1. The van der Waals surface area contributed by atoms with Crippen molar-refractivity contribution in [2.45, 2.75) is 45.6 Å². The highest BCUT2D eigenvalue weighted by Crippen LogP contribution is 2.44. The molecule has 0 saturated carbocycles. The van der Waals surface area contributed by atoms with E-state index in [1.165, 1.54) is 11.1 Å². The average molecular weight is 260 g/mol. The third-order valence-corrected chi connectivity index (χ3v) is 3.99. The zero-order valence-electron chi connectivity index (χ0n) is 11.9. The van der Waals surface area contributed by atoms with E-state index in [4.69, 9.17) is 5.73 Å². The molecule has 0 saturated heterocycles. The molecule has 1 aliphatic carbocycles. The summed E-state index contributed by atoms with van der Waals surface area (Å²) in [5, 5.41) is 3.65. The SMILES string of the molecule is CC1(C)Cc2ccccc2C1NCCCCC(N)=O. The van der Waals surface area contributed by atoms with Crippen LogP contribution in [0.2, 0.25) is 0 Å². The van der Waals surface area contributed by atoms with Gasteiger partial charge in [0.1, 0.15) is 0 Å².